The Labute approximate surface area is 784 Å². The zero-order chi connectivity index (χ0) is 95.0. The van der Waals surface area contributed by atoms with E-state index in [4.69, 9.17) is 52.9 Å². The van der Waals surface area contributed by atoms with Crippen LogP contribution < -0.4 is 58.5 Å². The number of hydrogen-bond acceptors (Lipinski definition) is 23. The maximum absolute atomic E-state index is 14.9. The van der Waals surface area contributed by atoms with E-state index in [1.165, 1.54) is 5.56 Å². The number of allylic oxidation sites excluding steroid dienone is 1. The van der Waals surface area contributed by atoms with E-state index in [-0.39, 0.29) is 183 Å². The molecule has 1 aliphatic heterocycles. The number of carbonyl (C=O) groups excluding carboxylic acids is 10. The molecule has 730 valence electrons. The van der Waals surface area contributed by atoms with Gasteiger partial charge in [0.1, 0.15) is 24.4 Å². The van der Waals surface area contributed by atoms with E-state index in [0.29, 0.717) is 121 Å². The minimum Gasteiger partial charge on any atom is -0.508 e. The van der Waals surface area contributed by atoms with Crippen molar-refractivity contribution in [3.05, 3.63) is 135 Å². The number of hydrogen-bond donors (Lipinski definition) is 12. The number of rotatable bonds is 55. The van der Waals surface area contributed by atoms with Gasteiger partial charge in [-0.2, -0.15) is 0 Å². The van der Waals surface area contributed by atoms with Crippen molar-refractivity contribution in [2.24, 2.45) is 34.3 Å². The molecule has 1 heterocycles. The third kappa shape index (κ3) is 32.5. The summed E-state index contributed by atoms with van der Waals surface area (Å²) in [5, 5.41) is 36.5. The smallest absolute Gasteiger partial charge is 0.246 e. The van der Waals surface area contributed by atoms with Gasteiger partial charge in [-0.3, -0.25) is 53.3 Å². The van der Waals surface area contributed by atoms with Gasteiger partial charge in [0.15, 0.2) is 11.1 Å². The molecule has 4 aromatic carbocycles. The van der Waals surface area contributed by atoms with Crippen LogP contribution in [0.25, 0.3) is 0 Å². The Hall–Kier alpha value is -9.77. The Bertz CT molecular complexity index is 4660. The second-order valence-electron chi connectivity index (χ2n) is 36.1. The first kappa shape index (κ1) is 105. The summed E-state index contributed by atoms with van der Waals surface area (Å²) in [4.78, 5) is 139. The van der Waals surface area contributed by atoms with Gasteiger partial charge in [0.05, 0.1) is 153 Å². The van der Waals surface area contributed by atoms with Crippen LogP contribution in [0, 0.1) is 40.4 Å². The fraction of sp³-hybridized carbons (Fsp3) is 0.616. The summed E-state index contributed by atoms with van der Waals surface area (Å²) >= 11 is -1.96. The van der Waals surface area contributed by atoms with Crippen molar-refractivity contribution in [3.8, 4) is 17.6 Å². The standard InChI is InChI=1S/C99H141N11O22S/c1-68(2)92(94(119)105-65-88(115)106-74-31-27-71-30-34-84-97(3,79(71)63-74)40-16-41-99(84,5)96(121)109-95(120)98(4)39-15-20-76-77-64-75(111)32-28-70(77)29-33-78(76)98)108-93(118)81(22-13-14-42-102-89(116)67-132-83-24-8-6-7-21-80(91(83)100)101-43-48-126-52-56-130-60-58-128-54-50-124-46-37-86(113)104-45-62-133(122)123)107-87(114)38-47-125-51-55-129-59-61-131-57-53-127-49-44-103-85(112)35-36-90(117)110-66-73-19-10-9-17-69(73)25-26-72-18-11-12-23-82(72)110/h9-12,17-19,23,27-28,31-32,63-64,68,76,78,81,83-84,92,101,111H,6-8,13-16,20-22,24,29-30,33-62,65-67,100H2,1-5H3,(H,102,116)(H,103,112)(H,104,113)(H,105,119)(H,106,115)(H,107,114)(H,108,118)(H,122,123)(H,109,120,121)/t76?,78-,81-,83?,84?,92?,97-,98+,99+/m1/s1. The van der Waals surface area contributed by atoms with Crippen LogP contribution in [0.5, 0.6) is 5.75 Å². The number of aromatic hydroxyl groups is 1. The normalized spacial score (nSPS) is 20.8. The predicted molar refractivity (Wildman–Crippen MR) is 501 cm³/mol. The summed E-state index contributed by atoms with van der Waals surface area (Å²) in [7, 11) is 0. The maximum atomic E-state index is 14.9. The van der Waals surface area contributed by atoms with Crippen molar-refractivity contribution < 1.29 is 104 Å². The molecule has 10 rings (SSSR count). The number of benzene rings is 4. The van der Waals surface area contributed by atoms with Gasteiger partial charge in [-0.1, -0.05) is 115 Å². The lowest BCUT2D eigenvalue weighted by Crippen LogP contribution is -2.58. The van der Waals surface area contributed by atoms with E-state index >= 15 is 0 Å². The van der Waals surface area contributed by atoms with Crippen LogP contribution in [0.4, 0.5) is 11.4 Å². The van der Waals surface area contributed by atoms with Crippen LogP contribution in [0.15, 0.2) is 96.3 Å². The highest BCUT2D eigenvalue weighted by Gasteiger charge is 2.57. The Balaban J connectivity index is 0.640. The molecule has 5 aliphatic carbocycles. The van der Waals surface area contributed by atoms with Crippen LogP contribution in [0.3, 0.4) is 0 Å². The lowest BCUT2D eigenvalue weighted by Gasteiger charge is -2.55. The third-order valence-corrected chi connectivity index (χ3v) is 27.0. The minimum atomic E-state index is -1.96. The van der Waals surface area contributed by atoms with Gasteiger partial charge < -0.3 is 105 Å². The van der Waals surface area contributed by atoms with E-state index in [1.54, 1.807) is 24.8 Å². The number of anilines is 2. The zero-order valence-electron chi connectivity index (χ0n) is 78.1. The van der Waals surface area contributed by atoms with Gasteiger partial charge >= 0.3 is 0 Å². The van der Waals surface area contributed by atoms with Crippen molar-refractivity contribution in [2.75, 3.05) is 161 Å². The Morgan fingerprint density at radius 2 is 1.15 bits per heavy atom. The fourth-order valence-corrected chi connectivity index (χ4v) is 19.4. The van der Waals surface area contributed by atoms with Crippen LogP contribution in [0.1, 0.15) is 208 Å². The molecule has 6 aliphatic rings. The number of aryl methyl sites for hydroxylation is 2. The van der Waals surface area contributed by atoms with Crippen molar-refractivity contribution in [2.45, 2.75) is 212 Å². The highest BCUT2D eigenvalue weighted by atomic mass is 32.2. The number of nitrogens with one attached hydrogen (secondary N) is 9. The minimum absolute atomic E-state index is 0.00155. The number of amides is 10. The van der Waals surface area contributed by atoms with Crippen LogP contribution in [-0.4, -0.2) is 242 Å². The quantitative estimate of drug-likeness (QED) is 0.00869. The summed E-state index contributed by atoms with van der Waals surface area (Å²) in [6, 6.07) is 24.4. The molecule has 10 atom stereocenters. The Morgan fingerprint density at radius 3 is 1.86 bits per heavy atom. The molecule has 10 amide bonds. The lowest BCUT2D eigenvalue weighted by molar-refractivity contribution is -0.149. The zero-order valence-corrected chi connectivity index (χ0v) is 79.0. The summed E-state index contributed by atoms with van der Waals surface area (Å²) in [5.74, 6) is 2.37. The Kier molecular flexibility index (Phi) is 43.3. The molecule has 2 fully saturated rings. The largest absolute Gasteiger partial charge is 0.508 e. The first-order chi connectivity index (χ1) is 64.2. The summed E-state index contributed by atoms with van der Waals surface area (Å²) < 4.78 is 70.6. The topological polar surface area (TPSA) is 449 Å². The monoisotopic (exact) mass is 1870 g/mol. The van der Waals surface area contributed by atoms with Gasteiger partial charge in [0.2, 0.25) is 59.1 Å². The third-order valence-electron chi connectivity index (χ3n) is 26.4. The number of phenols is 1. The molecule has 34 heteroatoms. The number of fused-ring (bicyclic) bond motifs is 8. The maximum Gasteiger partial charge on any atom is 0.246 e. The molecule has 4 aromatic rings. The molecular formula is C99H141N11O22S. The molecule has 33 nitrogen and oxygen atoms in total. The van der Waals surface area contributed by atoms with Gasteiger partial charge in [-0.25, -0.2) is 4.21 Å². The highest BCUT2D eigenvalue weighted by molar-refractivity contribution is 7.79. The van der Waals surface area contributed by atoms with E-state index in [0.717, 1.165) is 103 Å². The number of carbonyl (C=O) groups is 10. The van der Waals surface area contributed by atoms with Gasteiger partial charge in [0.25, 0.3) is 0 Å². The van der Waals surface area contributed by atoms with Gasteiger partial charge in [-0.05, 0) is 189 Å². The van der Waals surface area contributed by atoms with E-state index in [2.05, 4.69) is 66.6 Å². The number of ether oxygens (including phenoxy) is 9. The van der Waals surface area contributed by atoms with Crippen molar-refractivity contribution in [3.63, 3.8) is 0 Å². The molecule has 133 heavy (non-hydrogen) atoms. The number of para-hydroxylation sites is 1. The number of unbranched alkanes of at least 4 members (excludes halogenated alkanes) is 1. The molecule has 0 saturated heterocycles. The van der Waals surface area contributed by atoms with Crippen LogP contribution in [0.2, 0.25) is 0 Å². The van der Waals surface area contributed by atoms with Crippen molar-refractivity contribution >= 4 is 81.5 Å². The number of nitrogens with two attached hydrogens (primary N) is 1. The van der Waals surface area contributed by atoms with Crippen molar-refractivity contribution in [1.29, 1.82) is 0 Å². The van der Waals surface area contributed by atoms with Gasteiger partial charge in [-0.15, -0.1) is 0 Å². The molecule has 5 unspecified atom stereocenters. The fourth-order valence-electron chi connectivity index (χ4n) is 19.2. The highest BCUT2D eigenvalue weighted by Crippen LogP contribution is 2.59. The number of nitrogens with zero attached hydrogens (tertiary/aromatic N) is 1. The molecule has 0 radical (unpaired) electrons. The van der Waals surface area contributed by atoms with Crippen molar-refractivity contribution in [1.82, 2.24) is 42.5 Å². The molecule has 13 N–H and O–H groups in total. The number of phenolic OH excluding ortho intramolecular Hbond substituents is 1. The average Bonchev–Trinajstić information content (AvgIpc) is 0.719. The Morgan fingerprint density at radius 1 is 0.541 bits per heavy atom. The number of imide groups is 1. The lowest BCUT2D eigenvalue weighted by atomic mass is 9.49. The van der Waals surface area contributed by atoms with E-state index < -0.39 is 81.6 Å². The first-order valence-electron chi connectivity index (χ1n) is 47.6. The second-order valence-corrected chi connectivity index (χ2v) is 37.2. The summed E-state index contributed by atoms with van der Waals surface area (Å²) in [5.41, 5.74) is 14.2. The average molecular weight is 1870 g/mol. The molecule has 0 bridgehead atoms. The van der Waals surface area contributed by atoms with Crippen LogP contribution in [-0.2, 0) is 126 Å². The van der Waals surface area contributed by atoms with Gasteiger partial charge in [0, 0.05) is 74.4 Å². The predicted octanol–water partition coefficient (Wildman–Crippen LogP) is 7.75. The first-order valence-corrected chi connectivity index (χ1v) is 48.8. The summed E-state index contributed by atoms with van der Waals surface area (Å²) in [6.07, 6.45) is 12.2. The molecule has 0 aromatic heterocycles. The molecule has 0 spiro atoms. The van der Waals surface area contributed by atoms with E-state index in [9.17, 15) is 57.3 Å². The SMILES string of the molecule is CC(C)C(NC(=O)[C@@H](CCCCNC(=O)COC1CCCCCC(NCCOCCOCCOCCOCCC(=O)NCCS(=O)O)=C1N)NC(=O)CCOCCOCCOCCOCCNC(=O)CCC(=O)N1Cc2ccccc2C#Cc2ccccc21)C(=O)NCC(=O)Nc1ccc2c(c1)[C@@]1(C)CCC[C@](C)(C(=O)NC(=O)[C@@]3(C)CCCC4c5cc(O)ccc5CC[C@H]43)C1CC2. The molecular weight excluding hydrogens is 1730 g/mol. The van der Waals surface area contributed by atoms with Crippen LogP contribution >= 0.6 is 0 Å². The van der Waals surface area contributed by atoms with E-state index in [1.807, 2.05) is 92.7 Å². The second kappa shape index (κ2) is 54.7. The molecule has 2 saturated carbocycles. The summed E-state index contributed by atoms with van der Waals surface area (Å²) in [6.45, 7) is 14.9.